The summed E-state index contributed by atoms with van der Waals surface area (Å²) < 4.78 is 6.99. The summed E-state index contributed by atoms with van der Waals surface area (Å²) in [5, 5.41) is 13.8. The van der Waals surface area contributed by atoms with E-state index < -0.39 is 0 Å². The van der Waals surface area contributed by atoms with Gasteiger partial charge in [0.15, 0.2) is 5.65 Å². The van der Waals surface area contributed by atoms with E-state index in [2.05, 4.69) is 16.2 Å². The Morgan fingerprint density at radius 2 is 2.19 bits per heavy atom. The van der Waals surface area contributed by atoms with Gasteiger partial charge < -0.3 is 4.74 Å². The van der Waals surface area contributed by atoms with Crippen molar-refractivity contribution in [2.24, 2.45) is 0 Å². The third-order valence-corrected chi connectivity index (χ3v) is 3.40. The molecule has 0 unspecified atom stereocenters. The van der Waals surface area contributed by atoms with Gasteiger partial charge in [0.2, 0.25) is 0 Å². The fourth-order valence-electron chi connectivity index (χ4n) is 2.35. The van der Waals surface area contributed by atoms with Crippen molar-refractivity contribution < 1.29 is 4.74 Å². The van der Waals surface area contributed by atoms with E-state index in [4.69, 9.17) is 4.74 Å². The second-order valence-electron chi connectivity index (χ2n) is 4.58. The zero-order chi connectivity index (χ0) is 14.8. The summed E-state index contributed by atoms with van der Waals surface area (Å²) in [5.74, 6) is 0.779. The van der Waals surface area contributed by atoms with Gasteiger partial charge in [-0.3, -0.25) is 0 Å². The van der Waals surface area contributed by atoms with Gasteiger partial charge in [0, 0.05) is 11.8 Å². The summed E-state index contributed by atoms with van der Waals surface area (Å²) in [6.07, 6.45) is 2.40. The molecule has 0 radical (unpaired) electrons. The molecule has 0 saturated carbocycles. The number of hydrogen-bond acceptors (Lipinski definition) is 4. The van der Waals surface area contributed by atoms with Crippen molar-refractivity contribution in [1.82, 2.24) is 14.6 Å². The monoisotopic (exact) mass is 278 g/mol. The number of hydrogen-bond donors (Lipinski definition) is 0. The van der Waals surface area contributed by atoms with Gasteiger partial charge >= 0.3 is 0 Å². The maximum atomic E-state index is 9.32. The van der Waals surface area contributed by atoms with E-state index in [0.717, 1.165) is 22.7 Å². The Kier molecular flexibility index (Phi) is 3.28. The lowest BCUT2D eigenvalue weighted by atomic mass is 10.1. The molecule has 104 valence electrons. The van der Waals surface area contributed by atoms with Gasteiger partial charge in [0.25, 0.3) is 0 Å². The van der Waals surface area contributed by atoms with Crippen LogP contribution < -0.4 is 4.74 Å². The number of aryl methyl sites for hydroxylation is 1. The van der Waals surface area contributed by atoms with Crippen molar-refractivity contribution in [3.63, 3.8) is 0 Å². The van der Waals surface area contributed by atoms with Crippen LogP contribution in [0.2, 0.25) is 0 Å². The first-order valence-corrected chi connectivity index (χ1v) is 6.69. The minimum absolute atomic E-state index is 0.544. The largest absolute Gasteiger partial charge is 0.497 e. The van der Waals surface area contributed by atoms with Gasteiger partial charge in [-0.25, -0.2) is 9.50 Å². The summed E-state index contributed by atoms with van der Waals surface area (Å²) in [6, 6.07) is 11.8. The van der Waals surface area contributed by atoms with Crippen LogP contribution in [-0.2, 0) is 6.42 Å². The maximum Gasteiger partial charge on any atom is 0.173 e. The standard InChI is InChI=1S/C16H14N4O/c1-3-14-13(10-17)16-18-8-7-15(20(16)19-14)11-5-4-6-12(9-11)21-2/h4-9H,3H2,1-2H3. The molecule has 21 heavy (non-hydrogen) atoms. The van der Waals surface area contributed by atoms with E-state index in [1.807, 2.05) is 37.3 Å². The molecule has 2 aromatic heterocycles. The van der Waals surface area contributed by atoms with E-state index >= 15 is 0 Å². The minimum Gasteiger partial charge on any atom is -0.497 e. The molecule has 2 heterocycles. The molecule has 0 aliphatic rings. The summed E-state index contributed by atoms with van der Waals surface area (Å²) in [7, 11) is 1.64. The third-order valence-electron chi connectivity index (χ3n) is 3.40. The fraction of sp³-hybridized carbons (Fsp3) is 0.188. The summed E-state index contributed by atoms with van der Waals surface area (Å²) in [6.45, 7) is 1.98. The molecule has 0 saturated heterocycles. The maximum absolute atomic E-state index is 9.32. The molecule has 5 heteroatoms. The SMILES string of the molecule is CCc1nn2c(-c3cccc(OC)c3)ccnc2c1C#N. The van der Waals surface area contributed by atoms with Crippen LogP contribution in [0.3, 0.4) is 0 Å². The van der Waals surface area contributed by atoms with Crippen molar-refractivity contribution >= 4 is 5.65 Å². The van der Waals surface area contributed by atoms with E-state index in [-0.39, 0.29) is 0 Å². The first-order chi connectivity index (χ1) is 10.3. The smallest absolute Gasteiger partial charge is 0.173 e. The molecule has 0 bridgehead atoms. The Hall–Kier alpha value is -2.87. The number of rotatable bonds is 3. The lowest BCUT2D eigenvalue weighted by molar-refractivity contribution is 0.415. The van der Waals surface area contributed by atoms with Crippen LogP contribution in [0, 0.1) is 11.3 Å². The molecule has 0 fully saturated rings. The Bertz CT molecular complexity index is 845. The first-order valence-electron chi connectivity index (χ1n) is 6.69. The Labute approximate surface area is 122 Å². The van der Waals surface area contributed by atoms with Crippen molar-refractivity contribution in [2.45, 2.75) is 13.3 Å². The topological polar surface area (TPSA) is 63.2 Å². The van der Waals surface area contributed by atoms with Crippen molar-refractivity contribution in [2.75, 3.05) is 7.11 Å². The Balaban J connectivity index is 2.28. The van der Waals surface area contributed by atoms with Gasteiger partial charge in [0.05, 0.1) is 18.5 Å². The van der Waals surface area contributed by atoms with Crippen LogP contribution in [0.1, 0.15) is 18.2 Å². The number of nitrogens with zero attached hydrogens (tertiary/aromatic N) is 4. The van der Waals surface area contributed by atoms with E-state index in [9.17, 15) is 5.26 Å². The number of methoxy groups -OCH3 is 1. The van der Waals surface area contributed by atoms with Gasteiger partial charge in [0.1, 0.15) is 17.4 Å². The Morgan fingerprint density at radius 3 is 2.90 bits per heavy atom. The van der Waals surface area contributed by atoms with E-state index in [1.165, 1.54) is 0 Å². The highest BCUT2D eigenvalue weighted by Gasteiger charge is 2.15. The van der Waals surface area contributed by atoms with Crippen LogP contribution in [0.25, 0.3) is 16.9 Å². The molecule has 0 N–H and O–H groups in total. The molecular weight excluding hydrogens is 264 g/mol. The first kappa shape index (κ1) is 13.1. The molecule has 3 rings (SSSR count). The van der Waals surface area contributed by atoms with Crippen molar-refractivity contribution in [3.8, 4) is 23.1 Å². The summed E-state index contributed by atoms with van der Waals surface area (Å²) >= 11 is 0. The molecule has 0 atom stereocenters. The van der Waals surface area contributed by atoms with Crippen molar-refractivity contribution in [3.05, 3.63) is 47.8 Å². The Morgan fingerprint density at radius 1 is 1.33 bits per heavy atom. The second-order valence-corrected chi connectivity index (χ2v) is 4.58. The van der Waals surface area contributed by atoms with E-state index in [0.29, 0.717) is 17.6 Å². The molecular formula is C16H14N4O. The predicted molar refractivity (Wildman–Crippen MR) is 79.1 cm³/mol. The highest BCUT2D eigenvalue weighted by Crippen LogP contribution is 2.25. The lowest BCUT2D eigenvalue weighted by Crippen LogP contribution is -1.96. The molecule has 0 aliphatic carbocycles. The van der Waals surface area contributed by atoms with Gasteiger partial charge in [-0.05, 0) is 24.6 Å². The highest BCUT2D eigenvalue weighted by molar-refractivity contribution is 5.67. The predicted octanol–water partition coefficient (Wildman–Crippen LogP) is 2.84. The summed E-state index contributed by atoms with van der Waals surface area (Å²) in [4.78, 5) is 4.30. The average molecular weight is 278 g/mol. The zero-order valence-electron chi connectivity index (χ0n) is 11.9. The van der Waals surface area contributed by atoms with Crippen LogP contribution in [-0.4, -0.2) is 21.7 Å². The molecule has 3 aromatic rings. The van der Waals surface area contributed by atoms with Gasteiger partial charge in [-0.2, -0.15) is 10.4 Å². The molecule has 0 spiro atoms. The second kappa shape index (κ2) is 5.25. The van der Waals surface area contributed by atoms with Crippen LogP contribution >= 0.6 is 0 Å². The molecule has 5 nitrogen and oxygen atoms in total. The number of aromatic nitrogens is 3. The summed E-state index contributed by atoms with van der Waals surface area (Å²) in [5.41, 5.74) is 3.75. The average Bonchev–Trinajstić information content (AvgIpc) is 2.92. The van der Waals surface area contributed by atoms with Gasteiger partial charge in [-0.1, -0.05) is 19.1 Å². The fourth-order valence-corrected chi connectivity index (χ4v) is 2.35. The number of nitriles is 1. The lowest BCUT2D eigenvalue weighted by Gasteiger charge is -2.06. The number of benzene rings is 1. The van der Waals surface area contributed by atoms with Crippen LogP contribution in [0.15, 0.2) is 36.5 Å². The number of ether oxygens (including phenoxy) is 1. The van der Waals surface area contributed by atoms with Crippen LogP contribution in [0.4, 0.5) is 0 Å². The molecule has 0 aliphatic heterocycles. The highest BCUT2D eigenvalue weighted by atomic mass is 16.5. The molecule has 1 aromatic carbocycles. The minimum atomic E-state index is 0.544. The quantitative estimate of drug-likeness (QED) is 0.739. The third kappa shape index (κ3) is 2.11. The van der Waals surface area contributed by atoms with Crippen LogP contribution in [0.5, 0.6) is 5.75 Å². The number of fused-ring (bicyclic) bond motifs is 1. The zero-order valence-corrected chi connectivity index (χ0v) is 11.9. The van der Waals surface area contributed by atoms with E-state index in [1.54, 1.807) is 17.8 Å². The normalized spacial score (nSPS) is 10.5. The van der Waals surface area contributed by atoms with Gasteiger partial charge in [-0.15, -0.1) is 0 Å². The van der Waals surface area contributed by atoms with Crippen molar-refractivity contribution in [1.29, 1.82) is 5.26 Å². The molecule has 0 amide bonds.